The molecule has 1 spiro atoms. The molecule has 0 N–H and O–H groups in total. The second-order valence-corrected chi connectivity index (χ2v) is 15.4. The summed E-state index contributed by atoms with van der Waals surface area (Å²) >= 11 is 1.78. The van der Waals surface area contributed by atoms with Crippen molar-refractivity contribution in [2.75, 3.05) is 11.2 Å². The van der Waals surface area contributed by atoms with Gasteiger partial charge in [-0.1, -0.05) is 117 Å². The van der Waals surface area contributed by atoms with Crippen LogP contribution in [-0.4, -0.2) is 6.26 Å². The fourth-order valence-corrected chi connectivity index (χ4v) is 9.71. The van der Waals surface area contributed by atoms with E-state index in [1.54, 1.807) is 11.8 Å². The summed E-state index contributed by atoms with van der Waals surface area (Å²) in [6.45, 7) is 4.52. The van der Waals surface area contributed by atoms with Gasteiger partial charge < -0.3 is 4.90 Å². The van der Waals surface area contributed by atoms with Crippen molar-refractivity contribution in [3.8, 4) is 22.3 Å². The number of benzene rings is 7. The minimum Gasteiger partial charge on any atom is -0.310 e. The standard InChI is InChI=1S/C49H39NS/c1-31(2)32-16-20-35(21-17-32)50(36-22-25-38(51-3)26-23-36)37-24-28-40-34(30-37)18-27-43-47-39-11-5-4-10-33(39)19-29-46(47)49(48(40)43)44-14-8-6-12-41(44)42-13-7-9-15-45(42)49/h5-9,11-31H,4,10H2,1-3H3. The molecule has 10 rings (SSSR count). The first-order valence-corrected chi connectivity index (χ1v) is 19.4. The highest BCUT2D eigenvalue weighted by Gasteiger charge is 2.53. The number of aryl methyl sites for hydroxylation is 1. The van der Waals surface area contributed by atoms with Crippen LogP contribution >= 0.6 is 11.8 Å². The fraction of sp³-hybridized carbons (Fsp3) is 0.143. The second-order valence-electron chi connectivity index (χ2n) is 14.5. The van der Waals surface area contributed by atoms with Crippen molar-refractivity contribution in [2.24, 2.45) is 0 Å². The second kappa shape index (κ2) is 11.6. The molecule has 0 aliphatic heterocycles. The number of allylic oxidation sites excluding steroid dienone is 1. The zero-order valence-electron chi connectivity index (χ0n) is 29.3. The number of hydrogen-bond acceptors (Lipinski definition) is 2. The maximum Gasteiger partial charge on any atom is 0.0731 e. The molecular formula is C49H39NS. The van der Waals surface area contributed by atoms with Crippen molar-refractivity contribution >= 4 is 45.7 Å². The van der Waals surface area contributed by atoms with Crippen molar-refractivity contribution in [2.45, 2.75) is 42.9 Å². The summed E-state index contributed by atoms with van der Waals surface area (Å²) in [5, 5.41) is 2.58. The molecule has 3 aliphatic carbocycles. The molecule has 0 unspecified atom stereocenters. The van der Waals surface area contributed by atoms with E-state index in [0.29, 0.717) is 5.92 Å². The van der Waals surface area contributed by atoms with E-state index in [1.807, 2.05) is 0 Å². The van der Waals surface area contributed by atoms with Crippen LogP contribution in [-0.2, 0) is 11.8 Å². The normalized spacial score (nSPS) is 14.4. The highest BCUT2D eigenvalue weighted by Crippen LogP contribution is 2.65. The Morgan fingerprint density at radius 3 is 1.98 bits per heavy atom. The van der Waals surface area contributed by atoms with Crippen LogP contribution in [0.3, 0.4) is 0 Å². The third-order valence-corrected chi connectivity index (χ3v) is 12.4. The Hall–Kier alpha value is -5.31. The van der Waals surface area contributed by atoms with Crippen molar-refractivity contribution in [3.63, 3.8) is 0 Å². The predicted molar refractivity (Wildman–Crippen MR) is 218 cm³/mol. The lowest BCUT2D eigenvalue weighted by Gasteiger charge is -2.32. The molecule has 1 nitrogen and oxygen atoms in total. The molecule has 0 saturated carbocycles. The molecule has 246 valence electrons. The summed E-state index contributed by atoms with van der Waals surface area (Å²) in [6, 6.07) is 53.2. The van der Waals surface area contributed by atoms with E-state index >= 15 is 0 Å². The van der Waals surface area contributed by atoms with Gasteiger partial charge in [-0.2, -0.15) is 0 Å². The van der Waals surface area contributed by atoms with Gasteiger partial charge in [0.15, 0.2) is 0 Å². The van der Waals surface area contributed by atoms with Crippen molar-refractivity contribution in [1.82, 2.24) is 0 Å². The Labute approximate surface area is 305 Å². The third kappa shape index (κ3) is 4.36. The van der Waals surface area contributed by atoms with Crippen LogP contribution in [0, 0.1) is 0 Å². The summed E-state index contributed by atoms with van der Waals surface area (Å²) in [6.07, 6.45) is 9.10. The van der Waals surface area contributed by atoms with Crippen LogP contribution in [0.5, 0.6) is 0 Å². The molecule has 0 fully saturated rings. The van der Waals surface area contributed by atoms with Crippen LogP contribution in [0.15, 0.2) is 150 Å². The first kappa shape index (κ1) is 30.5. The van der Waals surface area contributed by atoms with Crippen LogP contribution in [0.2, 0.25) is 0 Å². The molecule has 51 heavy (non-hydrogen) atoms. The van der Waals surface area contributed by atoms with E-state index < -0.39 is 0 Å². The maximum absolute atomic E-state index is 2.47. The number of nitrogens with zero attached hydrogens (tertiary/aromatic N) is 1. The maximum atomic E-state index is 2.47. The summed E-state index contributed by atoms with van der Waals surface area (Å²) in [5.74, 6) is 0.486. The largest absolute Gasteiger partial charge is 0.310 e. The van der Waals surface area contributed by atoms with Crippen LogP contribution < -0.4 is 4.90 Å². The number of fused-ring (bicyclic) bond motifs is 14. The van der Waals surface area contributed by atoms with E-state index in [0.717, 1.165) is 29.9 Å². The molecule has 0 bridgehead atoms. The summed E-state index contributed by atoms with van der Waals surface area (Å²) in [7, 11) is 0. The van der Waals surface area contributed by atoms with Gasteiger partial charge in [-0.15, -0.1) is 11.8 Å². The van der Waals surface area contributed by atoms with Crippen LogP contribution in [0.4, 0.5) is 17.1 Å². The molecule has 0 amide bonds. The van der Waals surface area contributed by atoms with E-state index in [1.165, 1.54) is 76.9 Å². The zero-order valence-corrected chi connectivity index (χ0v) is 30.1. The predicted octanol–water partition coefficient (Wildman–Crippen LogP) is 13.5. The smallest absolute Gasteiger partial charge is 0.0731 e. The SMILES string of the molecule is CSc1ccc(N(c2ccc(C(C)C)cc2)c2ccc3c4c(ccc3c2)-c2c(ccc3c2C=CCC3)C42c3ccccc3-c3ccccc32)cc1. The number of hydrogen-bond donors (Lipinski definition) is 0. The number of anilines is 3. The first-order valence-electron chi connectivity index (χ1n) is 18.2. The number of rotatable bonds is 5. The van der Waals surface area contributed by atoms with Gasteiger partial charge >= 0.3 is 0 Å². The molecule has 0 aromatic heterocycles. The van der Waals surface area contributed by atoms with Crippen LogP contribution in [0.25, 0.3) is 39.1 Å². The van der Waals surface area contributed by atoms with Gasteiger partial charge in [-0.3, -0.25) is 0 Å². The minimum atomic E-state index is -0.390. The first-order chi connectivity index (χ1) is 25.1. The van der Waals surface area contributed by atoms with Gasteiger partial charge in [0.25, 0.3) is 0 Å². The van der Waals surface area contributed by atoms with Gasteiger partial charge in [-0.25, -0.2) is 0 Å². The monoisotopic (exact) mass is 673 g/mol. The topological polar surface area (TPSA) is 3.24 Å². The van der Waals surface area contributed by atoms with Crippen LogP contribution in [0.1, 0.15) is 65.1 Å². The van der Waals surface area contributed by atoms with Gasteiger partial charge in [0.1, 0.15) is 0 Å². The quantitative estimate of drug-likeness (QED) is 0.167. The van der Waals surface area contributed by atoms with Gasteiger partial charge in [-0.05, 0) is 146 Å². The molecule has 3 aliphatic rings. The van der Waals surface area contributed by atoms with Crippen molar-refractivity contribution in [3.05, 3.63) is 185 Å². The summed E-state index contributed by atoms with van der Waals surface area (Å²) in [4.78, 5) is 3.68. The minimum absolute atomic E-state index is 0.390. The Balaban J connectivity index is 1.24. The Kier molecular flexibility index (Phi) is 6.95. The molecule has 7 aromatic carbocycles. The summed E-state index contributed by atoms with van der Waals surface area (Å²) < 4.78 is 0. The lowest BCUT2D eigenvalue weighted by atomic mass is 9.69. The lowest BCUT2D eigenvalue weighted by molar-refractivity contribution is 0.800. The van der Waals surface area contributed by atoms with Crippen molar-refractivity contribution in [1.29, 1.82) is 0 Å². The molecule has 0 heterocycles. The molecule has 0 radical (unpaired) electrons. The molecular weight excluding hydrogens is 635 g/mol. The zero-order chi connectivity index (χ0) is 34.3. The molecule has 7 aromatic rings. The highest BCUT2D eigenvalue weighted by atomic mass is 32.2. The lowest BCUT2D eigenvalue weighted by Crippen LogP contribution is -2.26. The fourth-order valence-electron chi connectivity index (χ4n) is 9.30. The Morgan fingerprint density at radius 1 is 0.627 bits per heavy atom. The average molecular weight is 674 g/mol. The van der Waals surface area contributed by atoms with Gasteiger partial charge in [0, 0.05) is 22.0 Å². The average Bonchev–Trinajstić information content (AvgIpc) is 3.66. The van der Waals surface area contributed by atoms with E-state index in [-0.39, 0.29) is 5.41 Å². The molecule has 2 heteroatoms. The van der Waals surface area contributed by atoms with Crippen molar-refractivity contribution < 1.29 is 0 Å². The van der Waals surface area contributed by atoms with E-state index in [4.69, 9.17) is 0 Å². The Bertz CT molecular complexity index is 2490. The van der Waals surface area contributed by atoms with E-state index in [2.05, 4.69) is 177 Å². The van der Waals surface area contributed by atoms with E-state index in [9.17, 15) is 0 Å². The van der Waals surface area contributed by atoms with Gasteiger partial charge in [0.05, 0.1) is 5.41 Å². The van der Waals surface area contributed by atoms with Gasteiger partial charge in [0.2, 0.25) is 0 Å². The third-order valence-electron chi connectivity index (χ3n) is 11.6. The molecule has 0 saturated heterocycles. The summed E-state index contributed by atoms with van der Waals surface area (Å²) in [5.41, 5.74) is 18.4. The molecule has 0 atom stereocenters. The Morgan fingerprint density at radius 2 is 1.29 bits per heavy atom. The number of thioether (sulfide) groups is 1. The highest BCUT2D eigenvalue weighted by molar-refractivity contribution is 7.98.